The zero-order chi connectivity index (χ0) is 19.2. The minimum Gasteiger partial charge on any atom is -0.493 e. The Morgan fingerprint density at radius 1 is 1.19 bits per heavy atom. The van der Waals surface area contributed by atoms with Crippen molar-refractivity contribution in [3.05, 3.63) is 58.6 Å². The number of halogens is 1. The molecule has 0 saturated heterocycles. The zero-order valence-electron chi connectivity index (χ0n) is 15.3. The number of ether oxygens (including phenoxy) is 1. The molecular weight excluding hydrogens is 364 g/mol. The van der Waals surface area contributed by atoms with E-state index >= 15 is 0 Å². The lowest BCUT2D eigenvalue weighted by atomic mass is 10.2. The molecule has 0 heterocycles. The van der Waals surface area contributed by atoms with Crippen LogP contribution >= 0.6 is 11.6 Å². The third-order valence-electron chi connectivity index (χ3n) is 4.26. The Kier molecular flexibility index (Phi) is 6.35. The molecular formula is C21H23ClN2O3. The number of aryl methyl sites for hydroxylation is 1. The second-order valence-electron chi connectivity index (χ2n) is 6.74. The Balaban J connectivity index is 1.43. The summed E-state index contributed by atoms with van der Waals surface area (Å²) in [6.07, 6.45) is 3.01. The van der Waals surface area contributed by atoms with Gasteiger partial charge in [0.2, 0.25) is 5.91 Å². The van der Waals surface area contributed by atoms with Gasteiger partial charge in [-0.05, 0) is 68.1 Å². The number of anilines is 1. The first-order chi connectivity index (χ1) is 13.0. The minimum atomic E-state index is -0.105. The molecule has 0 spiro atoms. The molecule has 2 amide bonds. The monoisotopic (exact) mass is 386 g/mol. The average Bonchev–Trinajstić information content (AvgIpc) is 3.44. The highest BCUT2D eigenvalue weighted by Crippen LogP contribution is 2.22. The van der Waals surface area contributed by atoms with E-state index in [2.05, 4.69) is 10.6 Å². The second-order valence-corrected chi connectivity index (χ2v) is 7.17. The third kappa shape index (κ3) is 6.00. The van der Waals surface area contributed by atoms with Gasteiger partial charge in [-0.1, -0.05) is 17.7 Å². The van der Waals surface area contributed by atoms with E-state index < -0.39 is 0 Å². The summed E-state index contributed by atoms with van der Waals surface area (Å²) in [6, 6.07) is 12.7. The Hall–Kier alpha value is -2.53. The van der Waals surface area contributed by atoms with E-state index in [1.165, 1.54) is 0 Å². The summed E-state index contributed by atoms with van der Waals surface area (Å²) in [5.74, 6) is 0.570. The number of rotatable bonds is 8. The number of nitrogens with one attached hydrogen (secondary N) is 2. The highest BCUT2D eigenvalue weighted by atomic mass is 35.5. The molecule has 0 radical (unpaired) electrons. The normalized spacial score (nSPS) is 13.1. The molecule has 2 aromatic rings. The number of hydrogen-bond donors (Lipinski definition) is 2. The highest BCUT2D eigenvalue weighted by molar-refractivity contribution is 6.30. The van der Waals surface area contributed by atoms with Crippen LogP contribution in [0.5, 0.6) is 5.75 Å². The number of carbonyl (C=O) groups is 2. The van der Waals surface area contributed by atoms with Gasteiger partial charge in [0.25, 0.3) is 5.91 Å². The fourth-order valence-corrected chi connectivity index (χ4v) is 2.87. The van der Waals surface area contributed by atoms with Gasteiger partial charge in [0.15, 0.2) is 0 Å². The first-order valence-corrected chi connectivity index (χ1v) is 9.49. The summed E-state index contributed by atoms with van der Waals surface area (Å²) in [5, 5.41) is 6.44. The van der Waals surface area contributed by atoms with Crippen LogP contribution in [0.1, 0.15) is 41.6 Å². The van der Waals surface area contributed by atoms with Crippen molar-refractivity contribution in [2.24, 2.45) is 0 Å². The van der Waals surface area contributed by atoms with Crippen LogP contribution in [0, 0.1) is 6.92 Å². The molecule has 142 valence electrons. The van der Waals surface area contributed by atoms with Gasteiger partial charge in [0, 0.05) is 28.7 Å². The molecule has 1 aliphatic carbocycles. The van der Waals surface area contributed by atoms with Crippen molar-refractivity contribution < 1.29 is 14.3 Å². The van der Waals surface area contributed by atoms with Crippen LogP contribution in [-0.4, -0.2) is 24.5 Å². The van der Waals surface area contributed by atoms with Gasteiger partial charge < -0.3 is 15.4 Å². The number of hydrogen-bond acceptors (Lipinski definition) is 3. The van der Waals surface area contributed by atoms with Crippen LogP contribution < -0.4 is 15.4 Å². The molecule has 2 N–H and O–H groups in total. The fraction of sp³-hybridized carbons (Fsp3) is 0.333. The van der Waals surface area contributed by atoms with Crippen molar-refractivity contribution in [2.45, 2.75) is 38.6 Å². The molecule has 0 aromatic heterocycles. The molecule has 0 bridgehead atoms. The molecule has 0 aliphatic heterocycles. The predicted molar refractivity (Wildman–Crippen MR) is 106 cm³/mol. The van der Waals surface area contributed by atoms with Gasteiger partial charge in [0.05, 0.1) is 6.61 Å². The van der Waals surface area contributed by atoms with Crippen molar-refractivity contribution in [3.63, 3.8) is 0 Å². The van der Waals surface area contributed by atoms with Crippen molar-refractivity contribution in [1.82, 2.24) is 5.32 Å². The van der Waals surface area contributed by atoms with E-state index in [-0.39, 0.29) is 11.8 Å². The van der Waals surface area contributed by atoms with Gasteiger partial charge in [-0.3, -0.25) is 9.59 Å². The summed E-state index contributed by atoms with van der Waals surface area (Å²) in [4.78, 5) is 24.2. The predicted octanol–water partition coefficient (Wildman–Crippen LogP) is 4.34. The Bertz CT molecular complexity index is 834. The van der Waals surface area contributed by atoms with Crippen LogP contribution in [0.3, 0.4) is 0 Å². The number of carbonyl (C=O) groups excluding carboxylic acids is 2. The zero-order valence-corrected chi connectivity index (χ0v) is 16.0. The van der Waals surface area contributed by atoms with Gasteiger partial charge in [-0.15, -0.1) is 0 Å². The lowest BCUT2D eigenvalue weighted by Crippen LogP contribution is -2.25. The smallest absolute Gasteiger partial charge is 0.251 e. The fourth-order valence-electron chi connectivity index (χ4n) is 2.65. The molecule has 1 aliphatic rings. The van der Waals surface area contributed by atoms with Gasteiger partial charge in [0.1, 0.15) is 5.75 Å². The van der Waals surface area contributed by atoms with Crippen LogP contribution in [0.25, 0.3) is 0 Å². The van der Waals surface area contributed by atoms with Gasteiger partial charge in [-0.2, -0.15) is 0 Å². The number of amides is 2. The van der Waals surface area contributed by atoms with Gasteiger partial charge in [-0.25, -0.2) is 0 Å². The second kappa shape index (κ2) is 8.91. The molecule has 6 heteroatoms. The molecule has 0 atom stereocenters. The van der Waals surface area contributed by atoms with Crippen molar-refractivity contribution in [2.75, 3.05) is 11.9 Å². The molecule has 3 rings (SSSR count). The molecule has 0 unspecified atom stereocenters. The average molecular weight is 387 g/mol. The molecule has 1 fully saturated rings. The maximum absolute atomic E-state index is 12.1. The van der Waals surface area contributed by atoms with E-state index in [1.807, 2.05) is 19.1 Å². The van der Waals surface area contributed by atoms with Crippen molar-refractivity contribution in [3.8, 4) is 5.75 Å². The van der Waals surface area contributed by atoms with Crippen molar-refractivity contribution >= 4 is 29.1 Å². The molecule has 5 nitrogen and oxygen atoms in total. The van der Waals surface area contributed by atoms with E-state index in [0.29, 0.717) is 41.8 Å². The van der Waals surface area contributed by atoms with E-state index in [4.69, 9.17) is 16.3 Å². The van der Waals surface area contributed by atoms with Gasteiger partial charge >= 0.3 is 0 Å². The summed E-state index contributed by atoms with van der Waals surface area (Å²) in [6.45, 7) is 2.38. The SMILES string of the molecule is Cc1cc(Cl)ccc1OCCCC(=O)Nc1cccc(C(=O)NC2CC2)c1. The van der Waals surface area contributed by atoms with Crippen LogP contribution in [-0.2, 0) is 4.79 Å². The minimum absolute atomic E-state index is 0.0969. The Morgan fingerprint density at radius 3 is 2.74 bits per heavy atom. The van der Waals surface area contributed by atoms with Crippen LogP contribution in [0.15, 0.2) is 42.5 Å². The highest BCUT2D eigenvalue weighted by Gasteiger charge is 2.23. The van der Waals surface area contributed by atoms with E-state index in [1.54, 1.807) is 30.3 Å². The topological polar surface area (TPSA) is 67.4 Å². The molecule has 27 heavy (non-hydrogen) atoms. The van der Waals surface area contributed by atoms with E-state index in [9.17, 15) is 9.59 Å². The first kappa shape index (κ1) is 19.2. The maximum Gasteiger partial charge on any atom is 0.251 e. The maximum atomic E-state index is 12.1. The lowest BCUT2D eigenvalue weighted by molar-refractivity contribution is -0.116. The summed E-state index contributed by atoms with van der Waals surface area (Å²) in [7, 11) is 0. The summed E-state index contributed by atoms with van der Waals surface area (Å²) in [5.41, 5.74) is 2.15. The van der Waals surface area contributed by atoms with Crippen LogP contribution in [0.4, 0.5) is 5.69 Å². The first-order valence-electron chi connectivity index (χ1n) is 9.11. The quantitative estimate of drug-likeness (QED) is 0.663. The number of benzene rings is 2. The Labute approximate surface area is 164 Å². The summed E-state index contributed by atoms with van der Waals surface area (Å²) >= 11 is 5.92. The summed E-state index contributed by atoms with van der Waals surface area (Å²) < 4.78 is 5.69. The van der Waals surface area contributed by atoms with Crippen molar-refractivity contribution in [1.29, 1.82) is 0 Å². The molecule has 1 saturated carbocycles. The van der Waals surface area contributed by atoms with Crippen LogP contribution in [0.2, 0.25) is 5.02 Å². The largest absolute Gasteiger partial charge is 0.493 e. The Morgan fingerprint density at radius 2 is 2.00 bits per heavy atom. The third-order valence-corrected chi connectivity index (χ3v) is 4.50. The van der Waals surface area contributed by atoms with E-state index in [0.717, 1.165) is 24.2 Å². The lowest BCUT2D eigenvalue weighted by Gasteiger charge is -2.10. The standard InChI is InChI=1S/C21H23ClN2O3/c1-14-12-16(22)7-10-19(14)27-11-3-6-20(25)23-18-5-2-4-15(13-18)21(26)24-17-8-9-17/h2,4-5,7,10,12-13,17H,3,6,8-9,11H2,1H3,(H,23,25)(H,24,26). The molecule has 2 aromatic carbocycles.